The molecule has 5 rings (SSSR count). The van der Waals surface area contributed by atoms with Crippen LogP contribution in [0.1, 0.15) is 43.0 Å². The molecule has 0 saturated carbocycles. The fourth-order valence-electron chi connectivity index (χ4n) is 4.41. The second kappa shape index (κ2) is 10.3. The summed E-state index contributed by atoms with van der Waals surface area (Å²) in [7, 11) is 0. The fraction of sp³-hybridized carbons (Fsp3) is 0.320. The fourth-order valence-corrected chi connectivity index (χ4v) is 4.54. The van der Waals surface area contributed by atoms with E-state index in [-0.39, 0.29) is 0 Å². The highest BCUT2D eigenvalue weighted by atomic mass is 35.5. The quantitative estimate of drug-likeness (QED) is 0.478. The van der Waals surface area contributed by atoms with Gasteiger partial charge in [-0.1, -0.05) is 23.7 Å². The number of amides is 1. The number of hydrogen-bond donors (Lipinski definition) is 0. The molecule has 0 radical (unpaired) electrons. The van der Waals surface area contributed by atoms with Crippen LogP contribution in [0.4, 0.5) is 5.95 Å². The number of ether oxygens (including phenoxy) is 1. The molecule has 0 N–H and O–H groups in total. The van der Waals surface area contributed by atoms with Gasteiger partial charge in [-0.3, -0.25) is 4.79 Å². The van der Waals surface area contributed by atoms with Crippen molar-refractivity contribution in [3.05, 3.63) is 77.5 Å². The minimum Gasteiger partial charge on any atom is -0.467 e. The topological polar surface area (TPSA) is 101 Å². The lowest BCUT2D eigenvalue weighted by atomic mass is 10.0. The van der Waals surface area contributed by atoms with E-state index in [1.165, 1.54) is 5.01 Å². The summed E-state index contributed by atoms with van der Waals surface area (Å²) >= 11 is 6.01. The third kappa shape index (κ3) is 5.05. The molecule has 1 amide bonds. The lowest BCUT2D eigenvalue weighted by Gasteiger charge is -2.33. The Balaban J connectivity index is 1.29. The number of hydrazone groups is 1. The summed E-state index contributed by atoms with van der Waals surface area (Å²) < 4.78 is 11.1. The van der Waals surface area contributed by atoms with Crippen molar-refractivity contribution >= 4 is 35.1 Å². The Morgan fingerprint density at radius 1 is 1.09 bits per heavy atom. The van der Waals surface area contributed by atoms with Crippen LogP contribution in [0.15, 0.2) is 70.6 Å². The predicted molar refractivity (Wildman–Crippen MR) is 129 cm³/mol. The Kier molecular flexibility index (Phi) is 6.76. The van der Waals surface area contributed by atoms with Gasteiger partial charge >= 0.3 is 5.97 Å². The molecule has 0 spiro atoms. The van der Waals surface area contributed by atoms with E-state index in [9.17, 15) is 9.59 Å². The van der Waals surface area contributed by atoms with E-state index < -0.39 is 30.6 Å². The van der Waals surface area contributed by atoms with Gasteiger partial charge in [0, 0.05) is 30.4 Å². The van der Waals surface area contributed by atoms with Crippen LogP contribution in [-0.2, 0) is 14.3 Å². The zero-order valence-electron chi connectivity index (χ0n) is 18.9. The van der Waals surface area contributed by atoms with Crippen LogP contribution in [0.2, 0.25) is 5.02 Å². The number of anilines is 1. The number of carbonyl (C=O) groups excluding carboxylic acids is 2. The molecule has 3 aromatic rings. The van der Waals surface area contributed by atoms with E-state index in [2.05, 4.69) is 15.1 Å². The largest absolute Gasteiger partial charge is 0.467 e. The average Bonchev–Trinajstić information content (AvgIpc) is 3.58. The maximum absolute atomic E-state index is 13.2. The number of aromatic nitrogens is 2. The monoisotopic (exact) mass is 493 g/mol. The first-order valence-electron chi connectivity index (χ1n) is 11.5. The molecule has 1 aromatic carbocycles. The molecule has 0 aliphatic carbocycles. The summed E-state index contributed by atoms with van der Waals surface area (Å²) in [4.78, 5) is 36.5. The third-order valence-electron chi connectivity index (χ3n) is 6.14. The Hall–Kier alpha value is -3.72. The highest BCUT2D eigenvalue weighted by Gasteiger charge is 2.37. The van der Waals surface area contributed by atoms with E-state index in [0.29, 0.717) is 36.1 Å². The number of rotatable bonds is 6. The first-order chi connectivity index (χ1) is 17.1. The van der Waals surface area contributed by atoms with E-state index >= 15 is 0 Å². The molecule has 35 heavy (non-hydrogen) atoms. The molecule has 10 heteroatoms. The summed E-state index contributed by atoms with van der Waals surface area (Å²) in [6.45, 7) is 0.229. The van der Waals surface area contributed by atoms with Crippen molar-refractivity contribution in [2.24, 2.45) is 5.10 Å². The van der Waals surface area contributed by atoms with Crippen molar-refractivity contribution in [3.63, 3.8) is 0 Å². The molecule has 180 valence electrons. The Morgan fingerprint density at radius 3 is 2.63 bits per heavy atom. The van der Waals surface area contributed by atoms with Crippen molar-refractivity contribution in [3.8, 4) is 0 Å². The summed E-state index contributed by atoms with van der Waals surface area (Å²) in [5.41, 5.74) is 1.58. The molecule has 2 aromatic heterocycles. The van der Waals surface area contributed by atoms with Gasteiger partial charge in [0.05, 0.1) is 12.0 Å². The number of carbonyl (C=O) groups is 2. The van der Waals surface area contributed by atoms with Gasteiger partial charge in [-0.25, -0.2) is 19.8 Å². The van der Waals surface area contributed by atoms with Gasteiger partial charge in [0.2, 0.25) is 5.95 Å². The minimum absolute atomic E-state index is 0.423. The van der Waals surface area contributed by atoms with Crippen LogP contribution in [0.3, 0.4) is 0 Å². The minimum atomic E-state index is -0.536. The molecular weight excluding hydrogens is 470 g/mol. The molecular formula is C25H24ClN5O4. The summed E-state index contributed by atoms with van der Waals surface area (Å²) in [5, 5.41) is 6.51. The van der Waals surface area contributed by atoms with Crippen LogP contribution in [0, 0.1) is 0 Å². The van der Waals surface area contributed by atoms with Crippen LogP contribution < -0.4 is 4.90 Å². The van der Waals surface area contributed by atoms with Crippen molar-refractivity contribution in [2.75, 3.05) is 18.1 Å². The maximum atomic E-state index is 13.2. The van der Waals surface area contributed by atoms with Crippen molar-refractivity contribution in [1.29, 1.82) is 0 Å². The number of nitrogens with zero attached hydrogens (tertiary/aromatic N) is 5. The summed E-state index contributed by atoms with van der Waals surface area (Å²) in [5.74, 6) is 0.190. The van der Waals surface area contributed by atoms with Crippen LogP contribution in [0.5, 0.6) is 0 Å². The molecule has 1 fully saturated rings. The zero-order chi connectivity index (χ0) is 24.2. The second-order valence-corrected chi connectivity index (χ2v) is 8.83. The molecule has 2 atom stereocenters. The van der Waals surface area contributed by atoms with Crippen LogP contribution in [0.25, 0.3) is 0 Å². The van der Waals surface area contributed by atoms with Crippen molar-refractivity contribution < 1.29 is 18.7 Å². The van der Waals surface area contributed by atoms with Crippen molar-refractivity contribution in [1.82, 2.24) is 15.0 Å². The van der Waals surface area contributed by atoms with Gasteiger partial charge in [-0.15, -0.1) is 0 Å². The Morgan fingerprint density at radius 2 is 1.89 bits per heavy atom. The highest BCUT2D eigenvalue weighted by molar-refractivity contribution is 6.30. The van der Waals surface area contributed by atoms with Gasteiger partial charge in [0.25, 0.3) is 5.91 Å². The lowest BCUT2D eigenvalue weighted by Crippen LogP contribution is -2.47. The van der Waals surface area contributed by atoms with Gasteiger partial charge in [0.1, 0.15) is 17.8 Å². The van der Waals surface area contributed by atoms with Gasteiger partial charge in [-0.2, -0.15) is 5.10 Å². The third-order valence-corrected chi connectivity index (χ3v) is 6.39. The number of halogens is 1. The average molecular weight is 494 g/mol. The predicted octanol–water partition coefficient (Wildman–Crippen LogP) is 4.00. The molecule has 4 heterocycles. The number of hydrogen-bond acceptors (Lipinski definition) is 8. The molecule has 2 unspecified atom stereocenters. The smallest absolute Gasteiger partial charge is 0.329 e. The number of furan rings is 1. The molecule has 9 nitrogen and oxygen atoms in total. The van der Waals surface area contributed by atoms with E-state index in [0.717, 1.165) is 24.1 Å². The van der Waals surface area contributed by atoms with E-state index in [4.69, 9.17) is 20.8 Å². The normalized spacial score (nSPS) is 20.0. The molecule has 0 bridgehead atoms. The van der Waals surface area contributed by atoms with Gasteiger partial charge < -0.3 is 14.1 Å². The van der Waals surface area contributed by atoms with Crippen molar-refractivity contribution in [2.45, 2.75) is 37.8 Å². The first-order valence-corrected chi connectivity index (χ1v) is 11.9. The Bertz CT molecular complexity index is 1200. The standard InChI is InChI=1S/C25H24ClN5O4/c26-18-9-7-17(8-10-18)19-15-21(22-6-3-14-34-22)31(29-19)23(32)16-35-24(33)20-5-1-2-13-30(20)25-27-11-4-12-28-25/h3-4,6-12,14,20-21H,1-2,5,13,15-16H2. The van der Waals surface area contributed by atoms with Crippen LogP contribution >= 0.6 is 11.6 Å². The molecule has 2 aliphatic rings. The maximum Gasteiger partial charge on any atom is 0.329 e. The first kappa shape index (κ1) is 23.0. The number of piperidine rings is 1. The molecule has 1 saturated heterocycles. The van der Waals surface area contributed by atoms with Gasteiger partial charge in [0.15, 0.2) is 6.61 Å². The molecule has 2 aliphatic heterocycles. The highest BCUT2D eigenvalue weighted by Crippen LogP contribution is 2.33. The van der Waals surface area contributed by atoms with E-state index in [1.807, 2.05) is 17.0 Å². The van der Waals surface area contributed by atoms with Gasteiger partial charge in [-0.05, 0) is 55.2 Å². The van der Waals surface area contributed by atoms with Crippen LogP contribution in [-0.4, -0.2) is 51.8 Å². The summed E-state index contributed by atoms with van der Waals surface area (Å²) in [6.07, 6.45) is 7.74. The zero-order valence-corrected chi connectivity index (χ0v) is 19.7. The second-order valence-electron chi connectivity index (χ2n) is 8.39. The lowest BCUT2D eigenvalue weighted by molar-refractivity contribution is -0.154. The SMILES string of the molecule is O=C(OCC(=O)N1N=C(c2ccc(Cl)cc2)CC1c1ccco1)C1CCCCN1c1ncccn1. The Labute approximate surface area is 207 Å². The number of benzene rings is 1. The number of esters is 1. The van der Waals surface area contributed by atoms with E-state index in [1.54, 1.807) is 49.0 Å². The summed E-state index contributed by atoms with van der Waals surface area (Å²) in [6, 6.07) is 11.6.